The zero-order valence-electron chi connectivity index (χ0n) is 24.2. The lowest BCUT2D eigenvalue weighted by molar-refractivity contribution is -0.122. The van der Waals surface area contributed by atoms with Crippen molar-refractivity contribution in [3.05, 3.63) is 64.1 Å². The van der Waals surface area contributed by atoms with Crippen molar-refractivity contribution in [1.29, 1.82) is 0 Å². The maximum Gasteiger partial charge on any atom is 0.266 e. The van der Waals surface area contributed by atoms with E-state index in [1.54, 1.807) is 4.90 Å². The fraction of sp³-hybridized carbons (Fsp3) is 0.438. The predicted molar refractivity (Wildman–Crippen MR) is 166 cm³/mol. The van der Waals surface area contributed by atoms with E-state index in [1.807, 2.05) is 25.1 Å². The molecule has 0 aliphatic carbocycles. The summed E-state index contributed by atoms with van der Waals surface area (Å²) >= 11 is 1.46. The number of carbonyl (C=O) groups excluding carboxylic acids is 1. The molecule has 1 amide bonds. The number of thioether (sulfide) groups is 1. The van der Waals surface area contributed by atoms with Gasteiger partial charge in [0, 0.05) is 42.6 Å². The molecule has 2 aromatic rings. The van der Waals surface area contributed by atoms with E-state index in [4.69, 9.17) is 9.73 Å². The molecule has 2 aromatic carbocycles. The predicted octanol–water partition coefficient (Wildman–Crippen LogP) is 6.87. The molecule has 0 atom stereocenters. The standard InChI is InChI=1S/C32H40N4O2S/c1-8-35-30(37)29(39-31(35)33-25-9-11-26(12-10-25)34-13-15-38-16-14-34)19-24-18-27-23(5)20-32(6,7)36(21(2)3)28(27)17-22(24)4/h9-12,17-21H,8,13-16H2,1-7H3/b29-19-,33-31?. The Balaban J connectivity index is 1.44. The van der Waals surface area contributed by atoms with Crippen molar-refractivity contribution in [1.82, 2.24) is 4.90 Å². The molecule has 0 spiro atoms. The minimum atomic E-state index is -0.0532. The van der Waals surface area contributed by atoms with Crippen LogP contribution in [-0.2, 0) is 9.53 Å². The number of benzene rings is 2. The van der Waals surface area contributed by atoms with Crippen LogP contribution in [0.15, 0.2) is 52.4 Å². The molecule has 0 aromatic heterocycles. The Labute approximate surface area is 237 Å². The Hall–Kier alpha value is -3.03. The van der Waals surface area contributed by atoms with Crippen molar-refractivity contribution in [3.63, 3.8) is 0 Å². The molecule has 5 rings (SSSR count). The fourth-order valence-electron chi connectivity index (χ4n) is 5.99. The lowest BCUT2D eigenvalue weighted by Gasteiger charge is -2.46. The molecular weight excluding hydrogens is 504 g/mol. The summed E-state index contributed by atoms with van der Waals surface area (Å²) in [6.45, 7) is 19.3. The van der Waals surface area contributed by atoms with Crippen LogP contribution in [0.3, 0.4) is 0 Å². The summed E-state index contributed by atoms with van der Waals surface area (Å²) in [7, 11) is 0. The number of amides is 1. The molecular formula is C32H40N4O2S. The summed E-state index contributed by atoms with van der Waals surface area (Å²) in [5.41, 5.74) is 7.99. The van der Waals surface area contributed by atoms with Crippen molar-refractivity contribution in [3.8, 4) is 0 Å². The molecule has 0 unspecified atom stereocenters. The van der Waals surface area contributed by atoms with Crippen molar-refractivity contribution < 1.29 is 9.53 Å². The molecule has 0 N–H and O–H groups in total. The van der Waals surface area contributed by atoms with E-state index in [0.29, 0.717) is 17.5 Å². The quantitative estimate of drug-likeness (QED) is 0.385. The minimum absolute atomic E-state index is 0.0144. The SMILES string of the molecule is CCN1C(=O)/C(=C/c2cc3c(cc2C)N(C(C)C)C(C)(C)C=C3C)SC1=Nc1ccc(N2CCOCC2)cc1. The van der Waals surface area contributed by atoms with Gasteiger partial charge in [0.1, 0.15) is 0 Å². The number of aliphatic imine (C=N–C) groups is 1. The number of nitrogens with zero attached hydrogens (tertiary/aromatic N) is 4. The van der Waals surface area contributed by atoms with Gasteiger partial charge in [-0.2, -0.15) is 0 Å². The number of carbonyl (C=O) groups is 1. The van der Waals surface area contributed by atoms with Gasteiger partial charge in [-0.3, -0.25) is 9.69 Å². The Morgan fingerprint density at radius 1 is 1.10 bits per heavy atom. The van der Waals surface area contributed by atoms with E-state index in [1.165, 1.54) is 34.3 Å². The number of anilines is 2. The van der Waals surface area contributed by atoms with E-state index in [2.05, 4.69) is 81.7 Å². The zero-order chi connectivity index (χ0) is 27.9. The lowest BCUT2D eigenvalue weighted by atomic mass is 9.86. The molecule has 7 heteroatoms. The molecule has 6 nitrogen and oxygen atoms in total. The molecule has 2 saturated heterocycles. The van der Waals surface area contributed by atoms with Crippen molar-refractivity contribution >= 4 is 51.5 Å². The van der Waals surface area contributed by atoms with Crippen molar-refractivity contribution in [2.75, 3.05) is 42.6 Å². The molecule has 2 fully saturated rings. The summed E-state index contributed by atoms with van der Waals surface area (Å²) in [6, 6.07) is 13.2. The highest BCUT2D eigenvalue weighted by Crippen LogP contribution is 2.42. The number of morpholine rings is 1. The van der Waals surface area contributed by atoms with Gasteiger partial charge in [-0.05, 0) is 119 Å². The third-order valence-electron chi connectivity index (χ3n) is 7.72. The summed E-state index contributed by atoms with van der Waals surface area (Å²) in [6.07, 6.45) is 4.40. The van der Waals surface area contributed by atoms with Gasteiger partial charge in [0.15, 0.2) is 5.17 Å². The summed E-state index contributed by atoms with van der Waals surface area (Å²) in [5.74, 6) is 0.0144. The highest BCUT2D eigenvalue weighted by Gasteiger charge is 2.35. The monoisotopic (exact) mass is 544 g/mol. The molecule has 0 radical (unpaired) electrons. The number of allylic oxidation sites excluding steroid dienone is 1. The van der Waals surface area contributed by atoms with Gasteiger partial charge < -0.3 is 14.5 Å². The van der Waals surface area contributed by atoms with E-state index in [9.17, 15) is 4.79 Å². The molecule has 3 aliphatic heterocycles. The molecule has 3 heterocycles. The van der Waals surface area contributed by atoms with E-state index < -0.39 is 0 Å². The largest absolute Gasteiger partial charge is 0.378 e. The zero-order valence-corrected chi connectivity index (χ0v) is 25.1. The lowest BCUT2D eigenvalue weighted by Crippen LogP contribution is -2.49. The van der Waals surface area contributed by atoms with Gasteiger partial charge in [0.05, 0.1) is 29.3 Å². The first-order valence-electron chi connectivity index (χ1n) is 14.0. The number of amidine groups is 1. The van der Waals surface area contributed by atoms with Gasteiger partial charge in [0.2, 0.25) is 0 Å². The minimum Gasteiger partial charge on any atom is -0.378 e. The number of hydrogen-bond acceptors (Lipinski definition) is 6. The molecule has 0 saturated carbocycles. The first-order valence-corrected chi connectivity index (χ1v) is 14.8. The molecule has 3 aliphatic rings. The number of likely N-dealkylation sites (N-methyl/N-ethyl adjacent to an activating group) is 1. The highest BCUT2D eigenvalue weighted by atomic mass is 32.2. The van der Waals surface area contributed by atoms with Crippen LogP contribution >= 0.6 is 11.8 Å². The summed E-state index contributed by atoms with van der Waals surface area (Å²) < 4.78 is 5.47. The second kappa shape index (κ2) is 10.9. The Morgan fingerprint density at radius 2 is 1.79 bits per heavy atom. The summed E-state index contributed by atoms with van der Waals surface area (Å²) in [4.78, 5) is 25.6. The fourth-order valence-corrected chi connectivity index (χ4v) is 7.05. The number of fused-ring (bicyclic) bond motifs is 1. The third kappa shape index (κ3) is 5.39. The second-order valence-electron chi connectivity index (χ2n) is 11.3. The Kier molecular flexibility index (Phi) is 7.66. The van der Waals surface area contributed by atoms with Gasteiger partial charge in [-0.15, -0.1) is 0 Å². The maximum atomic E-state index is 13.4. The summed E-state index contributed by atoms with van der Waals surface area (Å²) in [5, 5.41) is 0.729. The Morgan fingerprint density at radius 3 is 2.44 bits per heavy atom. The van der Waals surface area contributed by atoms with Crippen molar-refractivity contribution in [2.45, 2.75) is 60.0 Å². The van der Waals surface area contributed by atoms with Crippen LogP contribution < -0.4 is 9.80 Å². The first kappa shape index (κ1) is 27.5. The highest BCUT2D eigenvalue weighted by molar-refractivity contribution is 8.18. The topological polar surface area (TPSA) is 48.4 Å². The molecule has 206 valence electrons. The van der Waals surface area contributed by atoms with Gasteiger partial charge >= 0.3 is 0 Å². The van der Waals surface area contributed by atoms with Crippen LogP contribution in [0.25, 0.3) is 11.6 Å². The third-order valence-corrected chi connectivity index (χ3v) is 8.72. The number of ether oxygens (including phenoxy) is 1. The average Bonchev–Trinajstić information content (AvgIpc) is 3.18. The van der Waals surface area contributed by atoms with Crippen molar-refractivity contribution in [2.24, 2.45) is 4.99 Å². The smallest absolute Gasteiger partial charge is 0.266 e. The van der Waals surface area contributed by atoms with Crippen LogP contribution in [0.2, 0.25) is 0 Å². The van der Waals surface area contributed by atoms with E-state index in [0.717, 1.165) is 48.3 Å². The van der Waals surface area contributed by atoms with Gasteiger partial charge in [-0.1, -0.05) is 6.08 Å². The number of hydrogen-bond donors (Lipinski definition) is 0. The van der Waals surface area contributed by atoms with Crippen LogP contribution in [0, 0.1) is 6.92 Å². The van der Waals surface area contributed by atoms with Crippen LogP contribution in [-0.4, -0.2) is 60.4 Å². The second-order valence-corrected chi connectivity index (χ2v) is 12.4. The molecule has 0 bridgehead atoms. The molecule has 39 heavy (non-hydrogen) atoms. The van der Waals surface area contributed by atoms with E-state index >= 15 is 0 Å². The van der Waals surface area contributed by atoms with Crippen LogP contribution in [0.1, 0.15) is 58.2 Å². The van der Waals surface area contributed by atoms with Gasteiger partial charge in [0.25, 0.3) is 5.91 Å². The van der Waals surface area contributed by atoms with Crippen LogP contribution in [0.5, 0.6) is 0 Å². The number of rotatable bonds is 5. The first-order chi connectivity index (χ1) is 18.6. The number of aryl methyl sites for hydroxylation is 1. The van der Waals surface area contributed by atoms with E-state index in [-0.39, 0.29) is 11.4 Å². The average molecular weight is 545 g/mol. The maximum absolute atomic E-state index is 13.4. The normalized spacial score (nSPS) is 21.3. The van der Waals surface area contributed by atoms with Gasteiger partial charge in [-0.25, -0.2) is 4.99 Å². The van der Waals surface area contributed by atoms with Crippen LogP contribution in [0.4, 0.5) is 17.1 Å². The Bertz CT molecular complexity index is 1350.